The fraction of sp³-hybridized carbons (Fsp3) is 0.410. The smallest absolute Gasteiger partial charge is 0.223 e. The first kappa shape index (κ1) is 38.4. The number of nitriles is 2. The first-order valence-corrected chi connectivity index (χ1v) is 19.3. The van der Waals surface area contributed by atoms with Crippen molar-refractivity contribution < 1.29 is 0 Å². The average molecular weight is 734 g/mol. The Morgan fingerprint density at radius 1 is 0.788 bits per heavy atom. The van der Waals surface area contributed by atoms with E-state index in [0.29, 0.717) is 47.0 Å². The van der Waals surface area contributed by atoms with Crippen LogP contribution in [0.4, 0.5) is 11.9 Å². The normalized spacial score (nSPS) is 17.9. The molecule has 2 aliphatic heterocycles. The van der Waals surface area contributed by atoms with E-state index in [4.69, 9.17) is 0 Å². The van der Waals surface area contributed by atoms with E-state index in [-0.39, 0.29) is 10.8 Å². The van der Waals surface area contributed by atoms with Gasteiger partial charge in [-0.25, -0.2) is 19.9 Å². The van der Waals surface area contributed by atoms with E-state index in [1.54, 1.807) is 42.5 Å². The number of thioether (sulfide) groups is 2. The monoisotopic (exact) mass is 733 g/mol. The predicted molar refractivity (Wildman–Crippen MR) is 213 cm³/mol. The fourth-order valence-electron chi connectivity index (χ4n) is 5.46. The summed E-state index contributed by atoms with van der Waals surface area (Å²) in [7, 11) is 0. The highest BCUT2D eigenvalue weighted by molar-refractivity contribution is 8.06. The van der Waals surface area contributed by atoms with Crippen molar-refractivity contribution in [1.29, 1.82) is 10.5 Å². The molecule has 0 unspecified atom stereocenters. The van der Waals surface area contributed by atoms with Gasteiger partial charge in [0.25, 0.3) is 0 Å². The largest absolute Gasteiger partial charge is 0.354 e. The maximum absolute atomic E-state index is 9.68. The Kier molecular flexibility index (Phi) is 13.0. The van der Waals surface area contributed by atoms with Gasteiger partial charge in [-0.3, -0.25) is 4.98 Å². The molecule has 0 spiro atoms. The molecular weight excluding hydrogens is 687 g/mol. The van der Waals surface area contributed by atoms with Crippen molar-refractivity contribution in [2.24, 2.45) is 10.8 Å². The zero-order valence-electron chi connectivity index (χ0n) is 30.7. The minimum absolute atomic E-state index is 0.00000105. The Morgan fingerprint density at radius 2 is 1.35 bits per heavy atom. The number of hydrogen-bond donors (Lipinski definition) is 4. The molecule has 0 aromatic carbocycles. The van der Waals surface area contributed by atoms with Gasteiger partial charge in [0.05, 0.1) is 21.4 Å². The van der Waals surface area contributed by atoms with Crippen LogP contribution in [0.3, 0.4) is 0 Å². The lowest BCUT2D eigenvalue weighted by Gasteiger charge is -2.22. The third kappa shape index (κ3) is 10.6. The SMILES string of the molecule is CC(C)(C)C1=CSC(=C(C#N)c2ccnc(NC3CCCCC3)n2)N1.CC(C)(C)C1=CSC(=C(C#N)c2ccnc(NCCc3cccnc3)n2)N1. The third-order valence-corrected chi connectivity index (χ3v) is 10.4. The zero-order valence-corrected chi connectivity index (χ0v) is 32.4. The van der Waals surface area contributed by atoms with Gasteiger partial charge < -0.3 is 21.3 Å². The van der Waals surface area contributed by atoms with Gasteiger partial charge in [-0.15, -0.1) is 0 Å². The number of hydrogen-bond acceptors (Lipinski definition) is 13. The molecule has 1 fully saturated rings. The van der Waals surface area contributed by atoms with Crippen molar-refractivity contribution >= 4 is 46.6 Å². The maximum atomic E-state index is 9.68. The van der Waals surface area contributed by atoms with Gasteiger partial charge in [0.1, 0.15) is 23.3 Å². The Hall–Kier alpha value is -4.85. The second-order valence-electron chi connectivity index (χ2n) is 14.7. The van der Waals surface area contributed by atoms with Crippen LogP contribution in [-0.2, 0) is 6.42 Å². The van der Waals surface area contributed by atoms with Gasteiger partial charge >= 0.3 is 0 Å². The first-order valence-electron chi connectivity index (χ1n) is 17.6. The van der Waals surface area contributed by atoms with Crippen LogP contribution in [-0.4, -0.2) is 37.5 Å². The van der Waals surface area contributed by atoms with Crippen LogP contribution >= 0.6 is 23.5 Å². The second-order valence-corrected chi connectivity index (χ2v) is 16.5. The molecule has 0 saturated heterocycles. The minimum Gasteiger partial charge on any atom is -0.354 e. The highest BCUT2D eigenvalue weighted by atomic mass is 32.2. The zero-order chi connectivity index (χ0) is 37.1. The molecule has 270 valence electrons. The van der Waals surface area contributed by atoms with Gasteiger partial charge in [-0.1, -0.05) is 90.4 Å². The standard InChI is InChI=1S/C20H22N6S.C19H25N5S/c1-20(2,3)17-13-27-18(26-17)15(11-21)16-7-10-24-19(25-16)23-9-6-14-5-4-8-22-12-14;1-19(2,3)16-12-25-17(24-16)14(11-20)15-9-10-21-18(23-15)22-13-7-5-4-6-8-13/h4-5,7-8,10,12-13,26H,6,9H2,1-3H3,(H,23,24,25);9-10,12-13,24H,4-8H2,1-3H3,(H,21,22,23). The van der Waals surface area contributed by atoms with Crippen LogP contribution < -0.4 is 21.3 Å². The molecule has 52 heavy (non-hydrogen) atoms. The van der Waals surface area contributed by atoms with Gasteiger partial charge in [0.2, 0.25) is 11.9 Å². The molecule has 4 N–H and O–H groups in total. The molecular formula is C39H47N11S2. The Morgan fingerprint density at radius 3 is 1.85 bits per heavy atom. The quantitative estimate of drug-likeness (QED) is 0.163. The van der Waals surface area contributed by atoms with Gasteiger partial charge in [-0.05, 0) is 53.8 Å². The van der Waals surface area contributed by atoms with E-state index in [0.717, 1.165) is 46.3 Å². The summed E-state index contributed by atoms with van der Waals surface area (Å²) in [6, 6.07) is 12.5. The highest BCUT2D eigenvalue weighted by Gasteiger charge is 2.26. The molecule has 3 aromatic rings. The summed E-state index contributed by atoms with van der Waals surface area (Å²) < 4.78 is 0. The first-order chi connectivity index (χ1) is 24.9. The van der Waals surface area contributed by atoms with Crippen LogP contribution in [0.5, 0.6) is 0 Å². The number of allylic oxidation sites excluding steroid dienone is 4. The topological polar surface area (TPSA) is 160 Å². The van der Waals surface area contributed by atoms with Crippen molar-refractivity contribution in [1.82, 2.24) is 35.6 Å². The van der Waals surface area contributed by atoms with Crippen LogP contribution in [0.2, 0.25) is 0 Å². The lowest BCUT2D eigenvalue weighted by atomic mass is 9.93. The number of nitrogens with one attached hydrogen (secondary N) is 4. The van der Waals surface area contributed by atoms with Gasteiger partial charge in [0.15, 0.2) is 0 Å². The lowest BCUT2D eigenvalue weighted by Crippen LogP contribution is -2.23. The minimum atomic E-state index is -0.00000105. The summed E-state index contributed by atoms with van der Waals surface area (Å²) >= 11 is 3.07. The van der Waals surface area contributed by atoms with E-state index in [2.05, 4.69) is 111 Å². The van der Waals surface area contributed by atoms with E-state index in [1.165, 1.54) is 31.0 Å². The average Bonchev–Trinajstić information content (AvgIpc) is 3.83. The maximum Gasteiger partial charge on any atom is 0.223 e. The third-order valence-electron chi connectivity index (χ3n) is 8.56. The summed E-state index contributed by atoms with van der Waals surface area (Å²) in [6.07, 6.45) is 14.0. The number of aromatic nitrogens is 5. The molecule has 1 aliphatic carbocycles. The molecule has 13 heteroatoms. The Balaban J connectivity index is 0.000000202. The number of pyridine rings is 1. The summed E-state index contributed by atoms with van der Waals surface area (Å²) in [4.78, 5) is 21.8. The molecule has 5 heterocycles. The van der Waals surface area contributed by atoms with Crippen LogP contribution in [0.15, 0.2) is 81.3 Å². The van der Waals surface area contributed by atoms with Crippen molar-refractivity contribution in [2.75, 3.05) is 17.2 Å². The summed E-state index contributed by atoms with van der Waals surface area (Å²) in [5.41, 5.74) is 5.74. The van der Waals surface area contributed by atoms with Crippen molar-refractivity contribution in [3.63, 3.8) is 0 Å². The summed E-state index contributed by atoms with van der Waals surface area (Å²) in [5.74, 6) is 1.13. The molecule has 0 bridgehead atoms. The van der Waals surface area contributed by atoms with E-state index in [1.807, 2.05) is 18.3 Å². The number of anilines is 2. The lowest BCUT2D eigenvalue weighted by molar-refractivity contribution is 0.461. The van der Waals surface area contributed by atoms with E-state index < -0.39 is 0 Å². The van der Waals surface area contributed by atoms with Crippen molar-refractivity contribution in [3.8, 4) is 12.1 Å². The van der Waals surface area contributed by atoms with Crippen molar-refractivity contribution in [2.45, 2.75) is 86.1 Å². The predicted octanol–water partition coefficient (Wildman–Crippen LogP) is 8.58. The number of nitrogens with zero attached hydrogens (tertiary/aromatic N) is 7. The molecule has 0 radical (unpaired) electrons. The second kappa shape index (κ2) is 17.6. The van der Waals surface area contributed by atoms with Gasteiger partial charge in [-0.2, -0.15) is 10.5 Å². The molecule has 3 aromatic heterocycles. The van der Waals surface area contributed by atoms with Gasteiger partial charge in [0, 0.05) is 59.6 Å². The highest BCUT2D eigenvalue weighted by Crippen LogP contribution is 2.39. The van der Waals surface area contributed by atoms with Crippen LogP contribution in [0.1, 0.15) is 90.6 Å². The summed E-state index contributed by atoms with van der Waals surface area (Å²) in [6.45, 7) is 13.5. The number of rotatable bonds is 8. The molecule has 0 amide bonds. The van der Waals surface area contributed by atoms with Crippen LogP contribution in [0, 0.1) is 33.5 Å². The molecule has 3 aliphatic rings. The Labute approximate surface area is 316 Å². The van der Waals surface area contributed by atoms with Crippen molar-refractivity contribution in [3.05, 3.63) is 98.3 Å². The Bertz CT molecular complexity index is 1920. The van der Waals surface area contributed by atoms with E-state index in [9.17, 15) is 10.5 Å². The molecule has 0 atom stereocenters. The molecule has 1 saturated carbocycles. The summed E-state index contributed by atoms with van der Waals surface area (Å²) in [5, 5.41) is 38.5. The molecule has 11 nitrogen and oxygen atoms in total. The van der Waals surface area contributed by atoms with Crippen LogP contribution in [0.25, 0.3) is 11.1 Å². The fourth-order valence-corrected chi connectivity index (χ4v) is 7.63. The molecule has 6 rings (SSSR count). The van der Waals surface area contributed by atoms with E-state index >= 15 is 0 Å².